The summed E-state index contributed by atoms with van der Waals surface area (Å²) in [5.41, 5.74) is 1.73. The van der Waals surface area contributed by atoms with Crippen LogP contribution in [0.25, 0.3) is 0 Å². The molecule has 0 bridgehead atoms. The molecule has 1 rings (SSSR count). The molecule has 0 unspecified atom stereocenters. The number of hydrogen-bond acceptors (Lipinski definition) is 3. The maximum atomic E-state index is 8.70. The third kappa shape index (κ3) is 3.15. The molecule has 14 heavy (non-hydrogen) atoms. The molecule has 74 valence electrons. The predicted octanol–water partition coefficient (Wildman–Crippen LogP) is 1.80. The number of aromatic nitrogens is 1. The summed E-state index contributed by atoms with van der Waals surface area (Å²) in [4.78, 5) is 6.24. The second-order valence-corrected chi connectivity index (χ2v) is 3.43. The van der Waals surface area contributed by atoms with Gasteiger partial charge in [-0.05, 0) is 31.6 Å². The molecule has 0 saturated heterocycles. The van der Waals surface area contributed by atoms with E-state index in [-0.39, 0.29) is 0 Å². The third-order valence-corrected chi connectivity index (χ3v) is 1.98. The molecule has 3 nitrogen and oxygen atoms in total. The molecule has 0 saturated carbocycles. The molecule has 1 heterocycles. The van der Waals surface area contributed by atoms with Gasteiger partial charge in [-0.3, -0.25) is 4.98 Å². The highest BCUT2D eigenvalue weighted by Gasteiger charge is 2.00. The Kier molecular flexibility index (Phi) is 4.09. The number of nitrogens with zero attached hydrogens (tertiary/aromatic N) is 3. The molecule has 0 aliphatic rings. The van der Waals surface area contributed by atoms with Gasteiger partial charge in [0.15, 0.2) is 0 Å². The van der Waals surface area contributed by atoms with Crippen LogP contribution in [0.5, 0.6) is 0 Å². The molecular formula is C11H15N3. The lowest BCUT2D eigenvalue weighted by atomic mass is 10.2. The van der Waals surface area contributed by atoms with Crippen LogP contribution < -0.4 is 0 Å². The van der Waals surface area contributed by atoms with Crippen molar-refractivity contribution in [3.05, 3.63) is 29.6 Å². The van der Waals surface area contributed by atoms with Gasteiger partial charge in [-0.15, -0.1) is 0 Å². The van der Waals surface area contributed by atoms with Crippen LogP contribution in [-0.2, 0) is 6.54 Å². The van der Waals surface area contributed by atoms with E-state index >= 15 is 0 Å². The summed E-state index contributed by atoms with van der Waals surface area (Å²) in [6, 6.07) is 3.98. The lowest BCUT2D eigenvalue weighted by molar-refractivity contribution is 0.327. The molecule has 0 aliphatic carbocycles. The van der Waals surface area contributed by atoms with Gasteiger partial charge in [0.05, 0.1) is 5.56 Å². The molecule has 0 fully saturated rings. The maximum Gasteiger partial charge on any atom is 0.101 e. The minimum absolute atomic E-state index is 0.632. The molecule has 0 N–H and O–H groups in total. The van der Waals surface area contributed by atoms with E-state index in [1.165, 1.54) is 0 Å². The van der Waals surface area contributed by atoms with Crippen LogP contribution >= 0.6 is 0 Å². The van der Waals surface area contributed by atoms with Crippen molar-refractivity contribution in [2.45, 2.75) is 19.9 Å². The average molecular weight is 189 g/mol. The highest BCUT2D eigenvalue weighted by molar-refractivity contribution is 5.28. The van der Waals surface area contributed by atoms with Gasteiger partial charge in [-0.2, -0.15) is 5.26 Å². The van der Waals surface area contributed by atoms with Crippen molar-refractivity contribution in [1.29, 1.82) is 5.26 Å². The van der Waals surface area contributed by atoms with E-state index in [0.717, 1.165) is 25.1 Å². The van der Waals surface area contributed by atoms with Crippen LogP contribution in [0.15, 0.2) is 18.5 Å². The largest absolute Gasteiger partial charge is 0.302 e. The number of nitriles is 1. The summed E-state index contributed by atoms with van der Waals surface area (Å²) >= 11 is 0. The van der Waals surface area contributed by atoms with E-state index in [4.69, 9.17) is 5.26 Å². The monoisotopic (exact) mass is 189 g/mol. The Balaban J connectivity index is 2.63. The van der Waals surface area contributed by atoms with Crippen molar-refractivity contribution in [3.8, 4) is 6.07 Å². The fourth-order valence-electron chi connectivity index (χ4n) is 1.41. The Labute approximate surface area is 85.0 Å². The van der Waals surface area contributed by atoms with Crippen LogP contribution in [0.2, 0.25) is 0 Å². The summed E-state index contributed by atoms with van der Waals surface area (Å²) in [7, 11) is 2.07. The molecule has 3 heteroatoms. The number of pyridine rings is 1. The summed E-state index contributed by atoms with van der Waals surface area (Å²) in [6.07, 6.45) is 4.54. The van der Waals surface area contributed by atoms with Gasteiger partial charge in [0.2, 0.25) is 0 Å². The summed E-state index contributed by atoms with van der Waals surface area (Å²) in [5, 5.41) is 8.70. The molecule has 1 aromatic heterocycles. The second kappa shape index (κ2) is 5.36. The van der Waals surface area contributed by atoms with Crippen LogP contribution in [0.4, 0.5) is 0 Å². The zero-order valence-corrected chi connectivity index (χ0v) is 8.70. The van der Waals surface area contributed by atoms with E-state index in [2.05, 4.69) is 29.9 Å². The van der Waals surface area contributed by atoms with E-state index in [9.17, 15) is 0 Å². The average Bonchev–Trinajstić information content (AvgIpc) is 2.18. The number of hydrogen-bond donors (Lipinski definition) is 0. The Morgan fingerprint density at radius 2 is 2.29 bits per heavy atom. The second-order valence-electron chi connectivity index (χ2n) is 3.43. The molecule has 1 aromatic rings. The van der Waals surface area contributed by atoms with Crippen molar-refractivity contribution in [3.63, 3.8) is 0 Å². The first-order chi connectivity index (χ1) is 6.76. The standard InChI is InChI=1S/C11H15N3/c1-3-4-14(2)9-11-5-10(6-12)7-13-8-11/h5,7-8H,3-4,9H2,1-2H3. The third-order valence-electron chi connectivity index (χ3n) is 1.98. The first kappa shape index (κ1) is 10.7. The van der Waals surface area contributed by atoms with Gasteiger partial charge in [0.1, 0.15) is 6.07 Å². The van der Waals surface area contributed by atoms with Crippen molar-refractivity contribution >= 4 is 0 Å². The van der Waals surface area contributed by atoms with Gasteiger partial charge in [0, 0.05) is 18.9 Å². The highest BCUT2D eigenvalue weighted by atomic mass is 15.1. The first-order valence-electron chi connectivity index (χ1n) is 4.79. The van der Waals surface area contributed by atoms with Gasteiger partial charge >= 0.3 is 0 Å². The Bertz CT molecular complexity index is 328. The SMILES string of the molecule is CCCN(C)Cc1cncc(C#N)c1. The molecule has 0 aromatic carbocycles. The minimum atomic E-state index is 0.632. The molecule has 0 atom stereocenters. The summed E-state index contributed by atoms with van der Waals surface area (Å²) in [6.45, 7) is 4.08. The number of rotatable bonds is 4. The lowest BCUT2D eigenvalue weighted by Gasteiger charge is -2.14. The topological polar surface area (TPSA) is 39.9 Å². The first-order valence-corrected chi connectivity index (χ1v) is 4.79. The lowest BCUT2D eigenvalue weighted by Crippen LogP contribution is -2.18. The zero-order chi connectivity index (χ0) is 10.4. The fraction of sp³-hybridized carbons (Fsp3) is 0.455. The van der Waals surface area contributed by atoms with Crippen LogP contribution in [0.3, 0.4) is 0 Å². The summed E-state index contributed by atoms with van der Waals surface area (Å²) < 4.78 is 0. The van der Waals surface area contributed by atoms with E-state index in [0.29, 0.717) is 5.56 Å². The smallest absolute Gasteiger partial charge is 0.101 e. The van der Waals surface area contributed by atoms with E-state index in [1.807, 2.05) is 12.3 Å². The Morgan fingerprint density at radius 3 is 2.93 bits per heavy atom. The quantitative estimate of drug-likeness (QED) is 0.725. The molecule has 0 aliphatic heterocycles. The van der Waals surface area contributed by atoms with E-state index < -0.39 is 0 Å². The van der Waals surface area contributed by atoms with Crippen LogP contribution in [0.1, 0.15) is 24.5 Å². The normalized spacial score (nSPS) is 10.1. The van der Waals surface area contributed by atoms with E-state index in [1.54, 1.807) is 6.20 Å². The molecule has 0 amide bonds. The summed E-state index contributed by atoms with van der Waals surface area (Å²) in [5.74, 6) is 0. The zero-order valence-electron chi connectivity index (χ0n) is 8.70. The van der Waals surface area contributed by atoms with Crippen molar-refractivity contribution in [1.82, 2.24) is 9.88 Å². The van der Waals surface area contributed by atoms with Crippen molar-refractivity contribution in [2.24, 2.45) is 0 Å². The maximum absolute atomic E-state index is 8.70. The predicted molar refractivity (Wildman–Crippen MR) is 55.6 cm³/mol. The van der Waals surface area contributed by atoms with Crippen molar-refractivity contribution < 1.29 is 0 Å². The van der Waals surface area contributed by atoms with Crippen LogP contribution in [-0.4, -0.2) is 23.5 Å². The molecule has 0 radical (unpaired) electrons. The van der Waals surface area contributed by atoms with Crippen molar-refractivity contribution in [2.75, 3.05) is 13.6 Å². The Hall–Kier alpha value is -1.40. The fourth-order valence-corrected chi connectivity index (χ4v) is 1.41. The minimum Gasteiger partial charge on any atom is -0.302 e. The molecular weight excluding hydrogens is 174 g/mol. The van der Waals surface area contributed by atoms with Gasteiger partial charge in [-0.1, -0.05) is 6.92 Å². The van der Waals surface area contributed by atoms with Gasteiger partial charge in [0.25, 0.3) is 0 Å². The van der Waals surface area contributed by atoms with Gasteiger partial charge in [-0.25, -0.2) is 0 Å². The Morgan fingerprint density at radius 1 is 1.50 bits per heavy atom. The molecule has 0 spiro atoms. The van der Waals surface area contributed by atoms with Crippen LogP contribution in [0, 0.1) is 11.3 Å². The highest BCUT2D eigenvalue weighted by Crippen LogP contribution is 2.04. The van der Waals surface area contributed by atoms with Gasteiger partial charge < -0.3 is 4.90 Å².